The van der Waals surface area contributed by atoms with Crippen LogP contribution < -0.4 is 4.90 Å². The number of hydrogen-bond acceptors (Lipinski definition) is 6. The fourth-order valence-electron chi connectivity index (χ4n) is 5.12. The monoisotopic (exact) mass is 480 g/mol. The molecule has 3 heterocycles. The molecule has 0 N–H and O–H groups in total. The summed E-state index contributed by atoms with van der Waals surface area (Å²) in [6, 6.07) is 13.4. The molecule has 0 atom stereocenters. The van der Waals surface area contributed by atoms with Crippen molar-refractivity contribution in [2.45, 2.75) is 56.8 Å². The van der Waals surface area contributed by atoms with Crippen molar-refractivity contribution in [2.75, 3.05) is 31.1 Å². The van der Waals surface area contributed by atoms with Crippen LogP contribution >= 0.6 is 0 Å². The van der Waals surface area contributed by atoms with Crippen LogP contribution in [0, 0.1) is 13.8 Å². The molecule has 1 aliphatic heterocycles. The van der Waals surface area contributed by atoms with Crippen LogP contribution in [0.2, 0.25) is 0 Å². The first-order chi connectivity index (χ1) is 16.4. The van der Waals surface area contributed by atoms with Gasteiger partial charge in [-0.05, 0) is 68.5 Å². The number of aromatic nitrogens is 4. The van der Waals surface area contributed by atoms with E-state index in [2.05, 4.69) is 20.2 Å². The lowest BCUT2D eigenvalue weighted by Gasteiger charge is -2.34. The summed E-state index contributed by atoms with van der Waals surface area (Å²) >= 11 is 0. The van der Waals surface area contributed by atoms with Gasteiger partial charge in [-0.3, -0.25) is 0 Å². The lowest BCUT2D eigenvalue weighted by Crippen LogP contribution is -2.49. The highest BCUT2D eigenvalue weighted by Gasteiger charge is 2.29. The maximum absolute atomic E-state index is 13.2. The van der Waals surface area contributed by atoms with Crippen LogP contribution in [0.25, 0.3) is 5.82 Å². The minimum atomic E-state index is -3.50. The van der Waals surface area contributed by atoms with Crippen molar-refractivity contribution in [3.63, 3.8) is 0 Å². The zero-order chi connectivity index (χ0) is 23.7. The third-order valence-corrected chi connectivity index (χ3v) is 8.93. The average molecular weight is 481 g/mol. The van der Waals surface area contributed by atoms with Gasteiger partial charge < -0.3 is 4.90 Å². The molecule has 0 amide bonds. The molecule has 0 unspecified atom stereocenters. The maximum atomic E-state index is 13.2. The first-order valence-corrected chi connectivity index (χ1v) is 13.6. The van der Waals surface area contributed by atoms with Crippen LogP contribution in [0.5, 0.6) is 0 Å². The normalized spacial score (nSPS) is 18.4. The van der Waals surface area contributed by atoms with E-state index in [0.29, 0.717) is 42.8 Å². The Balaban J connectivity index is 1.22. The molecule has 0 spiro atoms. The SMILES string of the molecule is Cc1cc(C)n(-c2ccc(N3CCN(S(=O)(=O)c4ccc(C5CCCCC5)cc4)CC3)nn2)n1. The van der Waals surface area contributed by atoms with Gasteiger partial charge in [0.1, 0.15) is 0 Å². The zero-order valence-corrected chi connectivity index (χ0v) is 20.7. The molecule has 5 rings (SSSR count). The second kappa shape index (κ2) is 9.46. The van der Waals surface area contributed by atoms with Gasteiger partial charge in [-0.1, -0.05) is 31.4 Å². The Labute approximate surface area is 201 Å². The van der Waals surface area contributed by atoms with Crippen LogP contribution in [-0.2, 0) is 10.0 Å². The van der Waals surface area contributed by atoms with E-state index in [1.165, 1.54) is 37.7 Å². The molecular formula is C25H32N6O2S. The molecule has 9 heteroatoms. The molecule has 3 aromatic rings. The molecule has 180 valence electrons. The zero-order valence-electron chi connectivity index (χ0n) is 19.9. The first kappa shape index (κ1) is 23.0. The van der Waals surface area contributed by atoms with Crippen LogP contribution in [0.1, 0.15) is 55.0 Å². The highest BCUT2D eigenvalue weighted by atomic mass is 32.2. The molecule has 2 fully saturated rings. The first-order valence-electron chi connectivity index (χ1n) is 12.1. The number of hydrogen-bond donors (Lipinski definition) is 0. The second-order valence-corrected chi connectivity index (χ2v) is 11.3. The van der Waals surface area contributed by atoms with Crippen molar-refractivity contribution in [3.05, 3.63) is 59.4 Å². The summed E-state index contributed by atoms with van der Waals surface area (Å²) in [7, 11) is -3.50. The van der Waals surface area contributed by atoms with E-state index in [0.717, 1.165) is 17.2 Å². The quantitative estimate of drug-likeness (QED) is 0.552. The summed E-state index contributed by atoms with van der Waals surface area (Å²) in [5, 5.41) is 13.2. The predicted octanol–water partition coefficient (Wildman–Crippen LogP) is 3.84. The average Bonchev–Trinajstić information content (AvgIpc) is 3.22. The molecule has 0 bridgehead atoms. The Bertz CT molecular complexity index is 1220. The van der Waals surface area contributed by atoms with Gasteiger partial charge in [-0.2, -0.15) is 9.40 Å². The van der Waals surface area contributed by atoms with Crippen molar-refractivity contribution in [3.8, 4) is 5.82 Å². The van der Waals surface area contributed by atoms with E-state index in [1.54, 1.807) is 21.1 Å². The highest BCUT2D eigenvalue weighted by molar-refractivity contribution is 7.89. The Hall–Kier alpha value is -2.78. The summed E-state index contributed by atoms with van der Waals surface area (Å²) in [4.78, 5) is 2.46. The minimum Gasteiger partial charge on any atom is -0.352 e. The molecule has 1 saturated heterocycles. The van der Waals surface area contributed by atoms with Crippen LogP contribution in [-0.4, -0.2) is 58.9 Å². The van der Waals surface area contributed by atoms with Crippen molar-refractivity contribution >= 4 is 15.8 Å². The molecule has 1 aromatic carbocycles. The Morgan fingerprint density at radius 2 is 1.47 bits per heavy atom. The number of sulfonamides is 1. The van der Waals surface area contributed by atoms with Crippen molar-refractivity contribution in [2.24, 2.45) is 0 Å². The Kier molecular flexibility index (Phi) is 6.40. The summed E-state index contributed by atoms with van der Waals surface area (Å²) in [5.41, 5.74) is 3.21. The van der Waals surface area contributed by atoms with Crippen molar-refractivity contribution < 1.29 is 8.42 Å². The number of nitrogens with zero attached hydrogens (tertiary/aromatic N) is 6. The van der Waals surface area contributed by atoms with Crippen molar-refractivity contribution in [1.29, 1.82) is 0 Å². The van der Waals surface area contributed by atoms with Gasteiger partial charge in [-0.25, -0.2) is 13.1 Å². The van der Waals surface area contributed by atoms with Gasteiger partial charge in [0.25, 0.3) is 0 Å². The number of anilines is 1. The smallest absolute Gasteiger partial charge is 0.243 e. The lowest BCUT2D eigenvalue weighted by atomic mass is 9.84. The van der Waals surface area contributed by atoms with Gasteiger partial charge in [0, 0.05) is 31.9 Å². The van der Waals surface area contributed by atoms with Crippen LogP contribution in [0.15, 0.2) is 47.4 Å². The molecule has 2 aromatic heterocycles. The van der Waals surface area contributed by atoms with Crippen LogP contribution in [0.4, 0.5) is 5.82 Å². The summed E-state index contributed by atoms with van der Waals surface area (Å²) in [6.45, 7) is 5.94. The van der Waals surface area contributed by atoms with Gasteiger partial charge >= 0.3 is 0 Å². The van der Waals surface area contributed by atoms with Gasteiger partial charge in [0.2, 0.25) is 10.0 Å². The van der Waals surface area contributed by atoms with Crippen LogP contribution in [0.3, 0.4) is 0 Å². The van der Waals surface area contributed by atoms with E-state index in [9.17, 15) is 8.42 Å². The van der Waals surface area contributed by atoms with Gasteiger partial charge in [-0.15, -0.1) is 10.2 Å². The predicted molar refractivity (Wildman–Crippen MR) is 132 cm³/mol. The van der Waals surface area contributed by atoms with E-state index in [1.807, 2.05) is 44.2 Å². The third kappa shape index (κ3) is 4.59. The topological polar surface area (TPSA) is 84.2 Å². The van der Waals surface area contributed by atoms with Gasteiger partial charge in [0.05, 0.1) is 10.6 Å². The lowest BCUT2D eigenvalue weighted by molar-refractivity contribution is 0.383. The number of benzene rings is 1. The highest BCUT2D eigenvalue weighted by Crippen LogP contribution is 2.33. The number of piperazine rings is 1. The molecule has 2 aliphatic rings. The number of rotatable bonds is 5. The molecule has 1 saturated carbocycles. The summed E-state index contributed by atoms with van der Waals surface area (Å²) < 4.78 is 29.8. The van der Waals surface area contributed by atoms with Gasteiger partial charge in [0.15, 0.2) is 11.6 Å². The maximum Gasteiger partial charge on any atom is 0.243 e. The molecule has 1 aliphatic carbocycles. The second-order valence-electron chi connectivity index (χ2n) is 9.38. The third-order valence-electron chi connectivity index (χ3n) is 7.02. The molecule has 8 nitrogen and oxygen atoms in total. The fourth-order valence-corrected chi connectivity index (χ4v) is 6.54. The molecule has 0 radical (unpaired) electrons. The summed E-state index contributed by atoms with van der Waals surface area (Å²) in [5.74, 6) is 1.99. The minimum absolute atomic E-state index is 0.384. The molecule has 34 heavy (non-hydrogen) atoms. The van der Waals surface area contributed by atoms with E-state index in [4.69, 9.17) is 0 Å². The van der Waals surface area contributed by atoms with E-state index < -0.39 is 10.0 Å². The number of aryl methyl sites for hydroxylation is 2. The van der Waals surface area contributed by atoms with Crippen molar-refractivity contribution in [1.82, 2.24) is 24.3 Å². The standard InChI is InChI=1S/C25H32N6O2S/c1-19-18-20(2)31(28-19)25-13-12-24(26-27-25)29-14-16-30(17-15-29)34(32,33)23-10-8-22(9-11-23)21-6-4-3-5-7-21/h8-13,18,21H,3-7,14-17H2,1-2H3. The largest absolute Gasteiger partial charge is 0.352 e. The van der Waals surface area contributed by atoms with E-state index >= 15 is 0 Å². The van der Waals surface area contributed by atoms with E-state index in [-0.39, 0.29) is 0 Å². The summed E-state index contributed by atoms with van der Waals surface area (Å²) in [6.07, 6.45) is 6.27. The Morgan fingerprint density at radius 3 is 2.06 bits per heavy atom. The Morgan fingerprint density at radius 1 is 0.824 bits per heavy atom. The molecular weight excluding hydrogens is 448 g/mol. The fraction of sp³-hybridized carbons (Fsp3) is 0.480.